The van der Waals surface area contributed by atoms with Gasteiger partial charge in [0, 0.05) is 49.4 Å². The Bertz CT molecular complexity index is 1670. The Morgan fingerprint density at radius 1 is 1.02 bits per heavy atom. The third-order valence-electron chi connectivity index (χ3n) is 8.88. The van der Waals surface area contributed by atoms with Gasteiger partial charge in [0.15, 0.2) is 0 Å². The van der Waals surface area contributed by atoms with Gasteiger partial charge in [-0.25, -0.2) is 4.79 Å². The Hall–Kier alpha value is -4.49. The number of carbonyl (C=O) groups is 4. The number of imide groups is 1. The molecule has 2 saturated heterocycles. The standard InChI is InChI=1S/C33H32ClF3N6O4/c34-24-10-8-21(9-11-24)15-27(40-28(44)26-16-22-5-1-2-6-23(22)18-39-26)29(45)41-13-14-43-31(47)42(20-33(35,36)37)30(46)32(43,19-41)17-25-7-3-4-12-38-25/h1-12,26-27,39H,13-20H2,(H,40,44)/t26-,27-,32?/m1/s1. The van der Waals surface area contributed by atoms with Gasteiger partial charge in [0.1, 0.15) is 18.1 Å². The fourth-order valence-corrected chi connectivity index (χ4v) is 6.71. The zero-order valence-electron chi connectivity index (χ0n) is 25.2. The van der Waals surface area contributed by atoms with E-state index in [1.807, 2.05) is 24.3 Å². The van der Waals surface area contributed by atoms with Crippen molar-refractivity contribution in [3.63, 3.8) is 0 Å². The molecule has 10 nitrogen and oxygen atoms in total. The highest BCUT2D eigenvalue weighted by Gasteiger charge is 2.61. The quantitative estimate of drug-likeness (QED) is 0.357. The number of alkyl halides is 3. The number of fused-ring (bicyclic) bond motifs is 2. The molecule has 1 aromatic heterocycles. The molecule has 0 saturated carbocycles. The Morgan fingerprint density at radius 2 is 1.74 bits per heavy atom. The average molecular weight is 669 g/mol. The predicted octanol–water partition coefficient (Wildman–Crippen LogP) is 3.13. The SMILES string of the molecule is O=C(N[C@H](Cc1ccc(Cl)cc1)C(=O)N1CCN2C(=O)N(CC(F)(F)F)C(=O)C2(Cc2ccccn2)C1)[C@H]1Cc2ccccc2CN1. The molecule has 0 spiro atoms. The monoisotopic (exact) mass is 668 g/mol. The Labute approximate surface area is 273 Å². The lowest BCUT2D eigenvalue weighted by Crippen LogP contribution is -2.67. The van der Waals surface area contributed by atoms with Crippen LogP contribution in [-0.2, 0) is 40.2 Å². The van der Waals surface area contributed by atoms with E-state index in [2.05, 4.69) is 15.6 Å². The largest absolute Gasteiger partial charge is 0.406 e. The van der Waals surface area contributed by atoms with Crippen molar-refractivity contribution >= 4 is 35.4 Å². The summed E-state index contributed by atoms with van der Waals surface area (Å²) in [5.41, 5.74) is 1.37. The molecule has 3 aliphatic heterocycles. The molecule has 3 atom stereocenters. The summed E-state index contributed by atoms with van der Waals surface area (Å²) < 4.78 is 40.5. The number of nitrogens with zero attached hydrogens (tertiary/aromatic N) is 4. The lowest BCUT2D eigenvalue weighted by Gasteiger charge is -2.45. The van der Waals surface area contributed by atoms with Gasteiger partial charge in [-0.2, -0.15) is 13.2 Å². The number of halogens is 4. The number of aromatic nitrogens is 1. The van der Waals surface area contributed by atoms with Crippen LogP contribution in [0, 0.1) is 0 Å². The molecule has 0 radical (unpaired) electrons. The van der Waals surface area contributed by atoms with Crippen molar-refractivity contribution in [1.29, 1.82) is 0 Å². The first kappa shape index (κ1) is 32.5. The van der Waals surface area contributed by atoms with Gasteiger partial charge in [0.2, 0.25) is 11.8 Å². The number of benzene rings is 2. The number of carbonyl (C=O) groups excluding carboxylic acids is 4. The Kier molecular flexibility index (Phi) is 8.95. The van der Waals surface area contributed by atoms with Crippen molar-refractivity contribution in [3.8, 4) is 0 Å². The van der Waals surface area contributed by atoms with Crippen LogP contribution in [0.4, 0.5) is 18.0 Å². The molecule has 3 aromatic rings. The fourth-order valence-electron chi connectivity index (χ4n) is 6.59. The summed E-state index contributed by atoms with van der Waals surface area (Å²) in [5.74, 6) is -1.97. The second-order valence-corrected chi connectivity index (χ2v) is 12.5. The molecule has 6 rings (SSSR count). The van der Waals surface area contributed by atoms with Crippen LogP contribution in [-0.4, -0.2) is 93.4 Å². The van der Waals surface area contributed by atoms with E-state index in [0.29, 0.717) is 29.2 Å². The molecular weight excluding hydrogens is 637 g/mol. The third-order valence-corrected chi connectivity index (χ3v) is 9.13. The van der Waals surface area contributed by atoms with E-state index in [-0.39, 0.29) is 37.4 Å². The molecule has 246 valence electrons. The molecule has 14 heteroatoms. The van der Waals surface area contributed by atoms with E-state index in [0.717, 1.165) is 16.0 Å². The van der Waals surface area contributed by atoms with Gasteiger partial charge in [0.05, 0.1) is 12.6 Å². The van der Waals surface area contributed by atoms with Crippen LogP contribution in [0.2, 0.25) is 5.02 Å². The zero-order valence-corrected chi connectivity index (χ0v) is 25.9. The van der Waals surface area contributed by atoms with Crippen LogP contribution in [0.5, 0.6) is 0 Å². The first-order chi connectivity index (χ1) is 22.4. The molecule has 1 unspecified atom stereocenters. The minimum atomic E-state index is -4.82. The number of urea groups is 1. The Morgan fingerprint density at radius 3 is 2.45 bits per heavy atom. The summed E-state index contributed by atoms with van der Waals surface area (Å²) in [5, 5.41) is 6.61. The summed E-state index contributed by atoms with van der Waals surface area (Å²) in [6, 6.07) is 16.7. The minimum Gasteiger partial charge on any atom is -0.343 e. The maximum atomic E-state index is 14.3. The highest BCUT2D eigenvalue weighted by atomic mass is 35.5. The zero-order chi connectivity index (χ0) is 33.3. The summed E-state index contributed by atoms with van der Waals surface area (Å²) in [7, 11) is 0. The first-order valence-electron chi connectivity index (χ1n) is 15.2. The van der Waals surface area contributed by atoms with Gasteiger partial charge in [-0.05, 0) is 47.4 Å². The van der Waals surface area contributed by atoms with Crippen molar-refractivity contribution in [2.45, 2.75) is 49.6 Å². The second kappa shape index (κ2) is 13.0. The van der Waals surface area contributed by atoms with Gasteiger partial charge in [-0.15, -0.1) is 0 Å². The van der Waals surface area contributed by atoms with Gasteiger partial charge < -0.3 is 20.4 Å². The molecule has 2 fully saturated rings. The normalized spacial score (nSPS) is 21.7. The van der Waals surface area contributed by atoms with Gasteiger partial charge in [-0.3, -0.25) is 24.3 Å². The number of piperazine rings is 1. The maximum Gasteiger partial charge on any atom is 0.406 e. The first-order valence-corrected chi connectivity index (χ1v) is 15.6. The van der Waals surface area contributed by atoms with Crippen LogP contribution in [0.3, 0.4) is 0 Å². The van der Waals surface area contributed by atoms with Gasteiger partial charge in [-0.1, -0.05) is 54.1 Å². The maximum absolute atomic E-state index is 14.3. The van der Waals surface area contributed by atoms with E-state index in [4.69, 9.17) is 11.6 Å². The van der Waals surface area contributed by atoms with Crippen molar-refractivity contribution in [3.05, 3.63) is 100 Å². The van der Waals surface area contributed by atoms with E-state index in [9.17, 15) is 32.3 Å². The van der Waals surface area contributed by atoms with Crippen molar-refractivity contribution < 1.29 is 32.3 Å². The number of hydrogen-bond donors (Lipinski definition) is 2. The average Bonchev–Trinajstić information content (AvgIpc) is 3.25. The number of amides is 5. The number of pyridine rings is 1. The summed E-state index contributed by atoms with van der Waals surface area (Å²) in [6.07, 6.45) is -3.03. The van der Waals surface area contributed by atoms with Crippen LogP contribution in [0.1, 0.15) is 22.4 Å². The molecule has 47 heavy (non-hydrogen) atoms. The number of nitrogens with one attached hydrogen (secondary N) is 2. The topological polar surface area (TPSA) is 115 Å². The summed E-state index contributed by atoms with van der Waals surface area (Å²) in [4.78, 5) is 61.9. The minimum absolute atomic E-state index is 0.0519. The molecule has 2 aromatic carbocycles. The Balaban J connectivity index is 1.28. The fraction of sp³-hybridized carbons (Fsp3) is 0.364. The highest BCUT2D eigenvalue weighted by Crippen LogP contribution is 2.36. The van der Waals surface area contributed by atoms with E-state index in [1.54, 1.807) is 42.5 Å². The number of rotatable bonds is 8. The van der Waals surface area contributed by atoms with Crippen LogP contribution in [0.15, 0.2) is 72.9 Å². The second-order valence-electron chi connectivity index (χ2n) is 12.0. The third kappa shape index (κ3) is 6.82. The van der Waals surface area contributed by atoms with Crippen LogP contribution >= 0.6 is 11.6 Å². The van der Waals surface area contributed by atoms with E-state index >= 15 is 0 Å². The highest BCUT2D eigenvalue weighted by molar-refractivity contribution is 6.30. The lowest BCUT2D eigenvalue weighted by atomic mass is 9.88. The summed E-state index contributed by atoms with van der Waals surface area (Å²) >= 11 is 6.07. The van der Waals surface area contributed by atoms with Crippen molar-refractivity contribution in [1.82, 2.24) is 30.3 Å². The van der Waals surface area contributed by atoms with Gasteiger partial charge in [0.25, 0.3) is 5.91 Å². The van der Waals surface area contributed by atoms with Crippen molar-refractivity contribution in [2.75, 3.05) is 26.2 Å². The van der Waals surface area contributed by atoms with Crippen LogP contribution < -0.4 is 10.6 Å². The number of hydrogen-bond acceptors (Lipinski definition) is 6. The summed E-state index contributed by atoms with van der Waals surface area (Å²) in [6.45, 7) is -1.87. The molecule has 0 aliphatic carbocycles. The predicted molar refractivity (Wildman–Crippen MR) is 165 cm³/mol. The van der Waals surface area contributed by atoms with Crippen molar-refractivity contribution in [2.24, 2.45) is 0 Å². The molecule has 3 aliphatic rings. The molecule has 5 amide bonds. The lowest BCUT2D eigenvalue weighted by molar-refractivity contribution is -0.157. The van der Waals surface area contributed by atoms with E-state index < -0.39 is 54.1 Å². The smallest absolute Gasteiger partial charge is 0.343 e. The van der Waals surface area contributed by atoms with Gasteiger partial charge >= 0.3 is 12.2 Å². The van der Waals surface area contributed by atoms with E-state index in [1.165, 1.54) is 11.1 Å². The molecule has 2 N–H and O–H groups in total. The molecular formula is C33H32ClF3N6O4. The molecule has 4 heterocycles. The van der Waals surface area contributed by atoms with Crippen LogP contribution in [0.25, 0.3) is 0 Å². The molecule has 0 bridgehead atoms.